The molecule has 1 heterocycles. The van der Waals surface area contributed by atoms with Gasteiger partial charge in [0.1, 0.15) is 0 Å². The van der Waals surface area contributed by atoms with E-state index in [1.54, 1.807) is 7.11 Å². The molecule has 0 amide bonds. The van der Waals surface area contributed by atoms with Gasteiger partial charge in [-0.25, -0.2) is 0 Å². The van der Waals surface area contributed by atoms with Gasteiger partial charge in [-0.2, -0.15) is 0 Å². The Balaban J connectivity index is 2.16. The zero-order chi connectivity index (χ0) is 10.9. The first-order valence-electron chi connectivity index (χ1n) is 5.16. The number of rotatable bonds is 3. The van der Waals surface area contributed by atoms with Crippen LogP contribution < -0.4 is 5.32 Å². The maximum atomic E-state index is 5.58. The summed E-state index contributed by atoms with van der Waals surface area (Å²) in [5, 5.41) is 3.26. The molecule has 1 aliphatic rings. The Morgan fingerprint density at radius 1 is 1.47 bits per heavy atom. The molecule has 82 valence electrons. The fourth-order valence-corrected chi connectivity index (χ4v) is 2.52. The minimum absolute atomic E-state index is 0.0117. The highest BCUT2D eigenvalue weighted by Crippen LogP contribution is 2.27. The molecule has 0 radical (unpaired) electrons. The molecule has 0 saturated carbocycles. The van der Waals surface area contributed by atoms with Crippen LogP contribution in [-0.2, 0) is 11.2 Å². The van der Waals surface area contributed by atoms with Gasteiger partial charge in [-0.1, -0.05) is 28.1 Å². The lowest BCUT2D eigenvalue weighted by molar-refractivity contribution is -0.0503. The molecular formula is C12H16BrNO. The highest BCUT2D eigenvalue weighted by Gasteiger charge is 2.37. The van der Waals surface area contributed by atoms with E-state index in [1.165, 1.54) is 15.6 Å². The normalized spacial score (nSPS) is 18.6. The molecule has 2 nitrogen and oxygen atoms in total. The zero-order valence-electron chi connectivity index (χ0n) is 9.14. The summed E-state index contributed by atoms with van der Waals surface area (Å²) in [6.45, 7) is 4.00. The van der Waals surface area contributed by atoms with Crippen LogP contribution in [0.3, 0.4) is 0 Å². The Hall–Kier alpha value is -0.380. The SMILES string of the molecule is COC1(Cc2ccc(C)cc2Br)CNC1. The average molecular weight is 270 g/mol. The summed E-state index contributed by atoms with van der Waals surface area (Å²) in [6, 6.07) is 6.48. The number of halogens is 1. The lowest BCUT2D eigenvalue weighted by Crippen LogP contribution is -2.61. The van der Waals surface area contributed by atoms with Crippen molar-refractivity contribution in [3.05, 3.63) is 33.8 Å². The molecule has 1 aliphatic heterocycles. The van der Waals surface area contributed by atoms with Crippen LogP contribution >= 0.6 is 15.9 Å². The molecule has 15 heavy (non-hydrogen) atoms. The number of nitrogens with one attached hydrogen (secondary N) is 1. The van der Waals surface area contributed by atoms with E-state index < -0.39 is 0 Å². The topological polar surface area (TPSA) is 21.3 Å². The van der Waals surface area contributed by atoms with Crippen molar-refractivity contribution in [2.45, 2.75) is 18.9 Å². The van der Waals surface area contributed by atoms with Gasteiger partial charge in [-0.3, -0.25) is 0 Å². The second-order valence-electron chi connectivity index (χ2n) is 4.26. The molecule has 0 aliphatic carbocycles. The van der Waals surface area contributed by atoms with Gasteiger partial charge in [-0.15, -0.1) is 0 Å². The van der Waals surface area contributed by atoms with Crippen LogP contribution in [-0.4, -0.2) is 25.8 Å². The van der Waals surface area contributed by atoms with Gasteiger partial charge in [0.25, 0.3) is 0 Å². The van der Waals surface area contributed by atoms with Crippen LogP contribution in [0.4, 0.5) is 0 Å². The summed E-state index contributed by atoms with van der Waals surface area (Å²) >= 11 is 3.61. The van der Waals surface area contributed by atoms with E-state index >= 15 is 0 Å². The Morgan fingerprint density at radius 2 is 2.20 bits per heavy atom. The van der Waals surface area contributed by atoms with Gasteiger partial charge in [0, 0.05) is 31.1 Å². The second kappa shape index (κ2) is 4.24. The van der Waals surface area contributed by atoms with Gasteiger partial charge in [0.05, 0.1) is 5.60 Å². The van der Waals surface area contributed by atoms with Crippen molar-refractivity contribution < 1.29 is 4.74 Å². The molecule has 1 aromatic carbocycles. The van der Waals surface area contributed by atoms with Crippen LogP contribution in [0.1, 0.15) is 11.1 Å². The van der Waals surface area contributed by atoms with E-state index in [9.17, 15) is 0 Å². The van der Waals surface area contributed by atoms with Crippen LogP contribution in [0.15, 0.2) is 22.7 Å². The predicted molar refractivity (Wildman–Crippen MR) is 65.2 cm³/mol. The van der Waals surface area contributed by atoms with Crippen molar-refractivity contribution in [1.29, 1.82) is 0 Å². The summed E-state index contributed by atoms with van der Waals surface area (Å²) in [7, 11) is 1.79. The number of hydrogen-bond acceptors (Lipinski definition) is 2. The van der Waals surface area contributed by atoms with Crippen molar-refractivity contribution in [3.8, 4) is 0 Å². The largest absolute Gasteiger partial charge is 0.375 e. The average Bonchev–Trinajstić information content (AvgIpc) is 2.14. The summed E-state index contributed by atoms with van der Waals surface area (Å²) < 4.78 is 6.77. The molecule has 3 heteroatoms. The summed E-state index contributed by atoms with van der Waals surface area (Å²) in [5.41, 5.74) is 2.62. The molecule has 2 rings (SSSR count). The highest BCUT2D eigenvalue weighted by molar-refractivity contribution is 9.10. The molecule has 0 atom stereocenters. The fourth-order valence-electron chi connectivity index (χ4n) is 1.89. The summed E-state index contributed by atoms with van der Waals surface area (Å²) in [4.78, 5) is 0. The standard InChI is InChI=1S/C12H16BrNO/c1-9-3-4-10(11(13)5-9)6-12(15-2)7-14-8-12/h3-5,14H,6-8H2,1-2H3. The van der Waals surface area contributed by atoms with Gasteiger partial charge in [0.15, 0.2) is 0 Å². The van der Waals surface area contributed by atoms with Crippen LogP contribution in [0.25, 0.3) is 0 Å². The third-order valence-electron chi connectivity index (χ3n) is 3.05. The van der Waals surface area contributed by atoms with Gasteiger partial charge < -0.3 is 10.1 Å². The number of methoxy groups -OCH3 is 1. The predicted octanol–water partition coefficient (Wildman–Crippen LogP) is 2.29. The zero-order valence-corrected chi connectivity index (χ0v) is 10.7. The van der Waals surface area contributed by atoms with Gasteiger partial charge in [-0.05, 0) is 24.1 Å². The molecular weight excluding hydrogens is 254 g/mol. The van der Waals surface area contributed by atoms with Crippen LogP contribution in [0.2, 0.25) is 0 Å². The maximum Gasteiger partial charge on any atom is 0.0966 e. The van der Waals surface area contributed by atoms with Crippen LogP contribution in [0, 0.1) is 6.92 Å². The first kappa shape index (κ1) is 11.1. The van der Waals surface area contributed by atoms with Crippen molar-refractivity contribution in [2.24, 2.45) is 0 Å². The molecule has 0 unspecified atom stereocenters. The minimum atomic E-state index is 0.0117. The minimum Gasteiger partial charge on any atom is -0.375 e. The van der Waals surface area contributed by atoms with Gasteiger partial charge in [0.2, 0.25) is 0 Å². The Bertz CT molecular complexity index is 355. The van der Waals surface area contributed by atoms with E-state index in [1.807, 2.05) is 0 Å². The second-order valence-corrected chi connectivity index (χ2v) is 5.12. The molecule has 0 bridgehead atoms. The molecule has 0 aromatic heterocycles. The Labute approximate surface area is 99.1 Å². The fraction of sp³-hybridized carbons (Fsp3) is 0.500. The molecule has 1 fully saturated rings. The quantitative estimate of drug-likeness (QED) is 0.909. The monoisotopic (exact) mass is 269 g/mol. The Kier molecular flexibility index (Phi) is 3.14. The number of hydrogen-bond donors (Lipinski definition) is 1. The lowest BCUT2D eigenvalue weighted by Gasteiger charge is -2.41. The smallest absolute Gasteiger partial charge is 0.0966 e. The van der Waals surface area contributed by atoms with E-state index in [-0.39, 0.29) is 5.60 Å². The maximum absolute atomic E-state index is 5.58. The summed E-state index contributed by atoms with van der Waals surface area (Å²) in [5.74, 6) is 0. The highest BCUT2D eigenvalue weighted by atomic mass is 79.9. The van der Waals surface area contributed by atoms with Crippen LogP contribution in [0.5, 0.6) is 0 Å². The van der Waals surface area contributed by atoms with Gasteiger partial charge >= 0.3 is 0 Å². The first-order valence-corrected chi connectivity index (χ1v) is 5.95. The van der Waals surface area contributed by atoms with E-state index in [4.69, 9.17) is 4.74 Å². The molecule has 0 spiro atoms. The van der Waals surface area contributed by atoms with Crippen molar-refractivity contribution >= 4 is 15.9 Å². The number of benzene rings is 1. The van der Waals surface area contributed by atoms with Crippen molar-refractivity contribution in [2.75, 3.05) is 20.2 Å². The molecule has 1 saturated heterocycles. The third kappa shape index (κ3) is 2.25. The van der Waals surface area contributed by atoms with E-state index in [0.29, 0.717) is 0 Å². The number of ether oxygens (including phenoxy) is 1. The third-order valence-corrected chi connectivity index (χ3v) is 3.79. The van der Waals surface area contributed by atoms with E-state index in [2.05, 4.69) is 46.4 Å². The molecule has 1 N–H and O–H groups in total. The van der Waals surface area contributed by atoms with Crippen molar-refractivity contribution in [3.63, 3.8) is 0 Å². The number of aryl methyl sites for hydroxylation is 1. The molecule has 1 aromatic rings. The van der Waals surface area contributed by atoms with E-state index in [0.717, 1.165) is 19.5 Å². The summed E-state index contributed by atoms with van der Waals surface area (Å²) in [6.07, 6.45) is 0.970. The van der Waals surface area contributed by atoms with Crippen molar-refractivity contribution in [1.82, 2.24) is 5.32 Å². The first-order chi connectivity index (χ1) is 7.15. The Morgan fingerprint density at radius 3 is 2.67 bits per heavy atom. The lowest BCUT2D eigenvalue weighted by atomic mass is 9.88.